The van der Waals surface area contributed by atoms with E-state index in [2.05, 4.69) is 0 Å². The lowest BCUT2D eigenvalue weighted by molar-refractivity contribution is -0.0976. The molecule has 2 amide bonds. The molecule has 1 saturated carbocycles. The largest absolute Gasteiger partial charge is 0.381 e. The van der Waals surface area contributed by atoms with Crippen LogP contribution in [-0.2, 0) is 9.47 Å². The summed E-state index contributed by atoms with van der Waals surface area (Å²) in [6, 6.07) is 5.92. The number of carbonyl (C=O) groups is 1. The van der Waals surface area contributed by atoms with E-state index in [9.17, 15) is 9.18 Å². The van der Waals surface area contributed by atoms with E-state index in [1.165, 1.54) is 12.1 Å². The molecule has 1 heterocycles. The minimum atomic E-state index is -0.309. The van der Waals surface area contributed by atoms with E-state index in [0.717, 1.165) is 19.3 Å². The number of morpholine rings is 1. The number of benzene rings is 1. The SMILES string of the molecule is CO[C@@H]1CC[C@@H]2OCCN(C(=O)N(C)c3ccc(F)cc3)[C@H]2C1. The molecule has 1 saturated heterocycles. The first-order chi connectivity index (χ1) is 11.1. The van der Waals surface area contributed by atoms with Gasteiger partial charge in [0.2, 0.25) is 0 Å². The van der Waals surface area contributed by atoms with Crippen molar-refractivity contribution >= 4 is 11.7 Å². The fourth-order valence-electron chi connectivity index (χ4n) is 3.49. The molecule has 1 aliphatic heterocycles. The normalized spacial score (nSPS) is 27.4. The van der Waals surface area contributed by atoms with Crippen molar-refractivity contribution in [2.45, 2.75) is 37.5 Å². The number of ether oxygens (including phenoxy) is 2. The van der Waals surface area contributed by atoms with Crippen LogP contribution < -0.4 is 4.90 Å². The van der Waals surface area contributed by atoms with Crippen LogP contribution in [0.25, 0.3) is 0 Å². The molecular formula is C17H23FN2O3. The number of methoxy groups -OCH3 is 1. The van der Waals surface area contributed by atoms with E-state index < -0.39 is 0 Å². The summed E-state index contributed by atoms with van der Waals surface area (Å²) in [5, 5.41) is 0. The quantitative estimate of drug-likeness (QED) is 0.840. The predicted octanol–water partition coefficient (Wildman–Crippen LogP) is 2.65. The van der Waals surface area contributed by atoms with Crippen LogP contribution in [0.2, 0.25) is 0 Å². The molecule has 1 aromatic carbocycles. The molecule has 2 aliphatic rings. The standard InChI is InChI=1S/C17H23FN2O3/c1-19(13-5-3-12(18)4-6-13)17(21)20-9-10-23-16-8-7-14(22-2)11-15(16)20/h3-6,14-16H,7-11H2,1-2H3/t14-,15+,16+/m1/s1. The second-order valence-electron chi connectivity index (χ2n) is 6.16. The third-order valence-electron chi connectivity index (χ3n) is 4.85. The van der Waals surface area contributed by atoms with Crippen LogP contribution in [0.1, 0.15) is 19.3 Å². The molecule has 0 aromatic heterocycles. The van der Waals surface area contributed by atoms with Gasteiger partial charge in [-0.3, -0.25) is 4.90 Å². The van der Waals surface area contributed by atoms with Gasteiger partial charge in [-0.05, 0) is 43.5 Å². The molecule has 6 heteroatoms. The zero-order chi connectivity index (χ0) is 16.4. The van der Waals surface area contributed by atoms with Gasteiger partial charge in [-0.2, -0.15) is 0 Å². The molecule has 2 fully saturated rings. The zero-order valence-electron chi connectivity index (χ0n) is 13.6. The molecule has 1 aromatic rings. The van der Waals surface area contributed by atoms with E-state index in [4.69, 9.17) is 9.47 Å². The summed E-state index contributed by atoms with van der Waals surface area (Å²) in [6.07, 6.45) is 2.93. The Labute approximate surface area is 136 Å². The van der Waals surface area contributed by atoms with Gasteiger partial charge in [-0.15, -0.1) is 0 Å². The van der Waals surface area contributed by atoms with Crippen molar-refractivity contribution in [2.75, 3.05) is 32.2 Å². The Hall–Kier alpha value is -1.66. The average Bonchev–Trinajstić information content (AvgIpc) is 2.60. The molecule has 23 heavy (non-hydrogen) atoms. The number of nitrogens with zero attached hydrogens (tertiary/aromatic N) is 2. The molecule has 3 atom stereocenters. The summed E-state index contributed by atoms with van der Waals surface area (Å²) in [7, 11) is 3.43. The van der Waals surface area contributed by atoms with Crippen molar-refractivity contribution in [3.63, 3.8) is 0 Å². The maximum atomic E-state index is 13.1. The molecule has 0 spiro atoms. The minimum absolute atomic E-state index is 0.0397. The predicted molar refractivity (Wildman–Crippen MR) is 85.1 cm³/mol. The molecular weight excluding hydrogens is 299 g/mol. The molecule has 1 aliphatic carbocycles. The van der Waals surface area contributed by atoms with Gasteiger partial charge in [0.15, 0.2) is 0 Å². The van der Waals surface area contributed by atoms with Crippen molar-refractivity contribution in [1.29, 1.82) is 0 Å². The smallest absolute Gasteiger partial charge is 0.324 e. The fourth-order valence-corrected chi connectivity index (χ4v) is 3.49. The van der Waals surface area contributed by atoms with Crippen molar-refractivity contribution in [3.8, 4) is 0 Å². The fraction of sp³-hybridized carbons (Fsp3) is 0.588. The lowest BCUT2D eigenvalue weighted by Gasteiger charge is -2.46. The Morgan fingerprint density at radius 3 is 2.78 bits per heavy atom. The monoisotopic (exact) mass is 322 g/mol. The Balaban J connectivity index is 1.75. The highest BCUT2D eigenvalue weighted by Crippen LogP contribution is 2.31. The number of halogens is 1. The average molecular weight is 322 g/mol. The Morgan fingerprint density at radius 2 is 2.09 bits per heavy atom. The molecule has 126 valence electrons. The highest BCUT2D eigenvalue weighted by molar-refractivity contribution is 5.91. The van der Waals surface area contributed by atoms with Crippen LogP contribution in [0.4, 0.5) is 14.9 Å². The number of anilines is 1. The van der Waals surface area contributed by atoms with Gasteiger partial charge in [0.1, 0.15) is 5.82 Å². The van der Waals surface area contributed by atoms with Crippen molar-refractivity contribution in [2.24, 2.45) is 0 Å². The van der Waals surface area contributed by atoms with Crippen molar-refractivity contribution < 1.29 is 18.7 Å². The van der Waals surface area contributed by atoms with Gasteiger partial charge in [0, 0.05) is 26.4 Å². The van der Waals surface area contributed by atoms with Gasteiger partial charge in [-0.1, -0.05) is 0 Å². The van der Waals surface area contributed by atoms with E-state index >= 15 is 0 Å². The van der Waals surface area contributed by atoms with Crippen molar-refractivity contribution in [3.05, 3.63) is 30.1 Å². The van der Waals surface area contributed by atoms with Gasteiger partial charge >= 0.3 is 6.03 Å². The number of urea groups is 1. The van der Waals surface area contributed by atoms with E-state index in [-0.39, 0.29) is 30.1 Å². The Morgan fingerprint density at radius 1 is 1.35 bits per heavy atom. The van der Waals surface area contributed by atoms with Crippen LogP contribution >= 0.6 is 0 Å². The molecule has 0 bridgehead atoms. The number of amides is 2. The number of hydrogen-bond donors (Lipinski definition) is 0. The first-order valence-corrected chi connectivity index (χ1v) is 8.04. The lowest BCUT2D eigenvalue weighted by Crippen LogP contribution is -2.59. The van der Waals surface area contributed by atoms with Crippen LogP contribution in [0.5, 0.6) is 0 Å². The van der Waals surface area contributed by atoms with Crippen LogP contribution in [0, 0.1) is 5.82 Å². The van der Waals surface area contributed by atoms with Gasteiger partial charge in [0.25, 0.3) is 0 Å². The summed E-state index contributed by atoms with van der Waals surface area (Å²) in [6.45, 7) is 1.13. The van der Waals surface area contributed by atoms with Crippen LogP contribution in [-0.4, -0.2) is 56.5 Å². The maximum absolute atomic E-state index is 13.1. The van der Waals surface area contributed by atoms with Gasteiger partial charge < -0.3 is 14.4 Å². The lowest BCUT2D eigenvalue weighted by atomic mass is 9.88. The Kier molecular flexibility index (Phi) is 4.82. The van der Waals surface area contributed by atoms with E-state index in [0.29, 0.717) is 18.8 Å². The molecule has 3 rings (SSSR count). The highest BCUT2D eigenvalue weighted by atomic mass is 19.1. The summed E-state index contributed by atoms with van der Waals surface area (Å²) >= 11 is 0. The molecule has 0 N–H and O–H groups in total. The third kappa shape index (κ3) is 3.33. The van der Waals surface area contributed by atoms with E-state index in [1.54, 1.807) is 31.2 Å². The number of hydrogen-bond acceptors (Lipinski definition) is 3. The Bertz CT molecular complexity index is 551. The third-order valence-corrected chi connectivity index (χ3v) is 4.85. The van der Waals surface area contributed by atoms with Crippen LogP contribution in [0.3, 0.4) is 0 Å². The summed E-state index contributed by atoms with van der Waals surface area (Å²) < 4.78 is 24.4. The van der Waals surface area contributed by atoms with Gasteiger partial charge in [0.05, 0.1) is 24.9 Å². The van der Waals surface area contributed by atoms with Gasteiger partial charge in [-0.25, -0.2) is 9.18 Å². The second-order valence-corrected chi connectivity index (χ2v) is 6.16. The number of rotatable bonds is 2. The van der Waals surface area contributed by atoms with Crippen LogP contribution in [0.15, 0.2) is 24.3 Å². The highest BCUT2D eigenvalue weighted by Gasteiger charge is 2.40. The summed E-state index contributed by atoms with van der Waals surface area (Å²) in [4.78, 5) is 16.3. The second kappa shape index (κ2) is 6.84. The first-order valence-electron chi connectivity index (χ1n) is 8.04. The van der Waals surface area contributed by atoms with Crippen molar-refractivity contribution in [1.82, 2.24) is 4.90 Å². The number of fused-ring (bicyclic) bond motifs is 1. The zero-order valence-corrected chi connectivity index (χ0v) is 13.6. The summed E-state index contributed by atoms with van der Waals surface area (Å²) in [5.74, 6) is -0.309. The van der Waals surface area contributed by atoms with E-state index in [1.807, 2.05) is 4.90 Å². The minimum Gasteiger partial charge on any atom is -0.381 e. The first kappa shape index (κ1) is 16.2. The molecule has 0 unspecified atom stereocenters. The number of carbonyl (C=O) groups excluding carboxylic acids is 1. The summed E-state index contributed by atoms with van der Waals surface area (Å²) in [5.41, 5.74) is 0.679. The topological polar surface area (TPSA) is 42.0 Å². The molecule has 5 nitrogen and oxygen atoms in total. The maximum Gasteiger partial charge on any atom is 0.324 e. The molecule has 0 radical (unpaired) electrons.